The third kappa shape index (κ3) is 2.67. The van der Waals surface area contributed by atoms with Crippen LogP contribution >= 0.6 is 0 Å². The maximum absolute atomic E-state index is 11.3. The Morgan fingerprint density at radius 3 is 3.26 bits per heavy atom. The van der Waals surface area contributed by atoms with Crippen LogP contribution in [0.3, 0.4) is 0 Å². The zero-order valence-corrected chi connectivity index (χ0v) is 11.2. The molecular weight excluding hydrogens is 244 g/mol. The predicted molar refractivity (Wildman–Crippen MR) is 69.8 cm³/mol. The summed E-state index contributed by atoms with van der Waals surface area (Å²) >= 11 is 0. The molecule has 0 aliphatic carbocycles. The zero-order chi connectivity index (χ0) is 13.2. The van der Waals surface area contributed by atoms with Crippen molar-refractivity contribution in [1.29, 1.82) is 0 Å². The van der Waals surface area contributed by atoms with Crippen molar-refractivity contribution < 1.29 is 13.9 Å². The summed E-state index contributed by atoms with van der Waals surface area (Å²) in [6, 6.07) is 4.26. The van der Waals surface area contributed by atoms with Crippen molar-refractivity contribution in [3.63, 3.8) is 0 Å². The molecule has 2 saturated heterocycles. The molecule has 2 atom stereocenters. The quantitative estimate of drug-likeness (QED) is 0.833. The number of hydrogen-bond acceptors (Lipinski definition) is 5. The van der Waals surface area contributed by atoms with Gasteiger partial charge in [0.1, 0.15) is 5.76 Å². The van der Waals surface area contributed by atoms with Crippen LogP contribution in [0.15, 0.2) is 16.5 Å². The van der Waals surface area contributed by atoms with Crippen LogP contribution in [0.5, 0.6) is 0 Å². The zero-order valence-electron chi connectivity index (χ0n) is 11.2. The first-order valence-corrected chi connectivity index (χ1v) is 6.89. The molecule has 1 aromatic rings. The lowest BCUT2D eigenvalue weighted by Gasteiger charge is -2.34. The predicted octanol–water partition coefficient (Wildman–Crippen LogP) is 1.25. The van der Waals surface area contributed by atoms with E-state index in [0.29, 0.717) is 6.04 Å². The molecule has 2 unspecified atom stereocenters. The molecule has 0 amide bonds. The first kappa shape index (κ1) is 12.7. The van der Waals surface area contributed by atoms with Gasteiger partial charge in [0.25, 0.3) is 0 Å². The fourth-order valence-electron chi connectivity index (χ4n) is 3.16. The Balaban J connectivity index is 1.59. The number of rotatable bonds is 3. The molecule has 0 bridgehead atoms. The minimum Gasteiger partial charge on any atom is -0.463 e. The maximum atomic E-state index is 11.3. The molecular formula is C14H20N2O3. The van der Waals surface area contributed by atoms with E-state index in [1.165, 1.54) is 20.0 Å². The first-order valence-electron chi connectivity index (χ1n) is 6.89. The van der Waals surface area contributed by atoms with Crippen LogP contribution in [0, 0.1) is 5.92 Å². The SMILES string of the molecule is COC(=O)c1ccc(CN2CCC3NCCC3C2)o1. The summed E-state index contributed by atoms with van der Waals surface area (Å²) in [6.07, 6.45) is 2.47. The topological polar surface area (TPSA) is 54.7 Å². The largest absolute Gasteiger partial charge is 0.463 e. The lowest BCUT2D eigenvalue weighted by molar-refractivity contribution is 0.0559. The summed E-state index contributed by atoms with van der Waals surface area (Å²) in [4.78, 5) is 13.7. The Bertz CT molecular complexity index is 457. The monoisotopic (exact) mass is 264 g/mol. The second-order valence-electron chi connectivity index (χ2n) is 5.39. The first-order chi connectivity index (χ1) is 9.26. The van der Waals surface area contributed by atoms with Gasteiger partial charge in [-0.05, 0) is 37.4 Å². The highest BCUT2D eigenvalue weighted by Crippen LogP contribution is 2.25. The van der Waals surface area contributed by atoms with Gasteiger partial charge in [-0.15, -0.1) is 0 Å². The lowest BCUT2D eigenvalue weighted by Crippen LogP contribution is -2.43. The summed E-state index contributed by atoms with van der Waals surface area (Å²) < 4.78 is 10.2. The number of piperidine rings is 1. The molecule has 0 spiro atoms. The van der Waals surface area contributed by atoms with Gasteiger partial charge in [-0.3, -0.25) is 4.90 Å². The van der Waals surface area contributed by atoms with E-state index in [4.69, 9.17) is 4.42 Å². The highest BCUT2D eigenvalue weighted by atomic mass is 16.5. The van der Waals surface area contributed by atoms with E-state index in [1.807, 2.05) is 6.07 Å². The molecule has 2 aliphatic heterocycles. The Morgan fingerprint density at radius 1 is 1.53 bits per heavy atom. The van der Waals surface area contributed by atoms with Crippen LogP contribution in [-0.2, 0) is 11.3 Å². The molecule has 104 valence electrons. The maximum Gasteiger partial charge on any atom is 0.373 e. The second-order valence-corrected chi connectivity index (χ2v) is 5.39. The number of fused-ring (bicyclic) bond motifs is 1. The molecule has 5 nitrogen and oxygen atoms in total. The summed E-state index contributed by atoms with van der Waals surface area (Å²) in [5.74, 6) is 1.48. The number of ether oxygens (including phenoxy) is 1. The van der Waals surface area contributed by atoms with Crippen LogP contribution in [0.2, 0.25) is 0 Å². The third-order valence-corrected chi connectivity index (χ3v) is 4.17. The van der Waals surface area contributed by atoms with E-state index < -0.39 is 5.97 Å². The molecule has 3 heterocycles. The van der Waals surface area contributed by atoms with E-state index >= 15 is 0 Å². The van der Waals surface area contributed by atoms with Crippen molar-refractivity contribution in [2.45, 2.75) is 25.4 Å². The summed E-state index contributed by atoms with van der Waals surface area (Å²) in [5, 5.41) is 3.56. The third-order valence-electron chi connectivity index (χ3n) is 4.17. The number of hydrogen-bond donors (Lipinski definition) is 1. The smallest absolute Gasteiger partial charge is 0.373 e. The molecule has 0 saturated carbocycles. The summed E-state index contributed by atoms with van der Waals surface area (Å²) in [7, 11) is 1.36. The van der Waals surface area contributed by atoms with Crippen LogP contribution in [0.1, 0.15) is 29.2 Å². The normalized spacial score (nSPS) is 27.2. The van der Waals surface area contributed by atoms with Crippen molar-refractivity contribution in [2.75, 3.05) is 26.7 Å². The van der Waals surface area contributed by atoms with E-state index in [2.05, 4.69) is 15.0 Å². The number of methoxy groups -OCH3 is 1. The molecule has 1 aromatic heterocycles. The number of nitrogens with zero attached hydrogens (tertiary/aromatic N) is 1. The average Bonchev–Trinajstić information content (AvgIpc) is 3.06. The molecule has 2 aliphatic rings. The minimum atomic E-state index is -0.412. The number of likely N-dealkylation sites (tertiary alicyclic amines) is 1. The van der Waals surface area contributed by atoms with Crippen LogP contribution in [0.25, 0.3) is 0 Å². The molecule has 0 radical (unpaired) electrons. The standard InChI is InChI=1S/C14H20N2O3/c1-18-14(17)13-3-2-11(19-13)9-16-7-5-12-10(8-16)4-6-15-12/h2-3,10,12,15H,4-9H2,1H3. The lowest BCUT2D eigenvalue weighted by atomic mass is 9.93. The Hall–Kier alpha value is -1.33. The average molecular weight is 264 g/mol. The minimum absolute atomic E-state index is 0.287. The second kappa shape index (κ2) is 5.35. The molecule has 3 rings (SSSR count). The van der Waals surface area contributed by atoms with Gasteiger partial charge in [0.2, 0.25) is 5.76 Å². The van der Waals surface area contributed by atoms with Crippen LogP contribution in [0.4, 0.5) is 0 Å². The molecule has 2 fully saturated rings. The van der Waals surface area contributed by atoms with Gasteiger partial charge >= 0.3 is 5.97 Å². The Kier molecular flexibility index (Phi) is 3.57. The highest BCUT2D eigenvalue weighted by molar-refractivity contribution is 5.86. The summed E-state index contributed by atoms with van der Waals surface area (Å²) in [5.41, 5.74) is 0. The Morgan fingerprint density at radius 2 is 2.42 bits per heavy atom. The highest BCUT2D eigenvalue weighted by Gasteiger charge is 2.32. The van der Waals surface area contributed by atoms with Crippen molar-refractivity contribution in [2.24, 2.45) is 5.92 Å². The van der Waals surface area contributed by atoms with E-state index in [9.17, 15) is 4.79 Å². The molecule has 1 N–H and O–H groups in total. The van der Waals surface area contributed by atoms with Gasteiger partial charge < -0.3 is 14.5 Å². The number of esters is 1. The van der Waals surface area contributed by atoms with E-state index in [0.717, 1.165) is 37.9 Å². The van der Waals surface area contributed by atoms with E-state index in [-0.39, 0.29) is 5.76 Å². The van der Waals surface area contributed by atoms with Gasteiger partial charge in [0, 0.05) is 19.1 Å². The van der Waals surface area contributed by atoms with Crippen LogP contribution < -0.4 is 5.32 Å². The molecule has 19 heavy (non-hydrogen) atoms. The molecule has 0 aromatic carbocycles. The van der Waals surface area contributed by atoms with Gasteiger partial charge in [-0.2, -0.15) is 0 Å². The fraction of sp³-hybridized carbons (Fsp3) is 0.643. The van der Waals surface area contributed by atoms with Gasteiger partial charge in [0.15, 0.2) is 0 Å². The number of nitrogens with one attached hydrogen (secondary N) is 1. The van der Waals surface area contributed by atoms with Gasteiger partial charge in [0.05, 0.1) is 13.7 Å². The van der Waals surface area contributed by atoms with E-state index in [1.54, 1.807) is 6.07 Å². The van der Waals surface area contributed by atoms with Crippen LogP contribution in [-0.4, -0.2) is 43.7 Å². The molecule has 5 heteroatoms. The summed E-state index contributed by atoms with van der Waals surface area (Å²) in [6.45, 7) is 4.13. The Labute approximate surface area is 112 Å². The number of furan rings is 1. The number of carbonyl (C=O) groups is 1. The fourth-order valence-corrected chi connectivity index (χ4v) is 3.16. The van der Waals surface area contributed by atoms with Crippen molar-refractivity contribution >= 4 is 5.97 Å². The van der Waals surface area contributed by atoms with Gasteiger partial charge in [-0.25, -0.2) is 4.79 Å². The number of carbonyl (C=O) groups excluding carboxylic acids is 1. The van der Waals surface area contributed by atoms with Crippen molar-refractivity contribution in [1.82, 2.24) is 10.2 Å². The van der Waals surface area contributed by atoms with Gasteiger partial charge in [-0.1, -0.05) is 0 Å². The van der Waals surface area contributed by atoms with Crippen molar-refractivity contribution in [3.05, 3.63) is 23.7 Å². The van der Waals surface area contributed by atoms with Crippen molar-refractivity contribution in [3.8, 4) is 0 Å².